The van der Waals surface area contributed by atoms with Crippen LogP contribution < -0.4 is 10.1 Å². The smallest absolute Gasteiger partial charge is 0.406 e. The van der Waals surface area contributed by atoms with Crippen LogP contribution in [0.15, 0.2) is 24.3 Å². The molecule has 1 aromatic rings. The van der Waals surface area contributed by atoms with Crippen LogP contribution in [0.5, 0.6) is 5.75 Å². The Labute approximate surface area is 112 Å². The Balaban J connectivity index is 2.52. The number of alkyl halides is 3. The van der Waals surface area contributed by atoms with E-state index < -0.39 is 6.36 Å². The zero-order valence-corrected chi connectivity index (χ0v) is 11.3. The molecule has 0 aliphatic heterocycles. The van der Waals surface area contributed by atoms with Gasteiger partial charge in [-0.1, -0.05) is 32.3 Å². The van der Waals surface area contributed by atoms with Crippen molar-refractivity contribution < 1.29 is 17.9 Å². The third-order valence-corrected chi connectivity index (χ3v) is 2.72. The maximum atomic E-state index is 12.1. The van der Waals surface area contributed by atoms with Gasteiger partial charge in [0.1, 0.15) is 5.75 Å². The van der Waals surface area contributed by atoms with E-state index in [4.69, 9.17) is 0 Å². The molecular weight excluding hydrogens is 255 g/mol. The zero-order chi connectivity index (χ0) is 14.3. The van der Waals surface area contributed by atoms with Crippen LogP contribution in [0, 0.1) is 0 Å². The van der Waals surface area contributed by atoms with E-state index in [-0.39, 0.29) is 11.8 Å². The topological polar surface area (TPSA) is 21.3 Å². The number of nitrogens with one attached hydrogen (secondary N) is 1. The van der Waals surface area contributed by atoms with E-state index >= 15 is 0 Å². The van der Waals surface area contributed by atoms with Gasteiger partial charge in [-0.05, 0) is 25.5 Å². The van der Waals surface area contributed by atoms with E-state index in [9.17, 15) is 13.2 Å². The van der Waals surface area contributed by atoms with Gasteiger partial charge >= 0.3 is 6.36 Å². The molecule has 0 aromatic heterocycles. The number of benzene rings is 1. The van der Waals surface area contributed by atoms with Crippen molar-refractivity contribution in [3.63, 3.8) is 0 Å². The molecule has 0 bridgehead atoms. The predicted molar refractivity (Wildman–Crippen MR) is 70.4 cm³/mol. The molecule has 19 heavy (non-hydrogen) atoms. The molecule has 0 aliphatic carbocycles. The van der Waals surface area contributed by atoms with E-state index in [1.54, 1.807) is 12.1 Å². The minimum absolute atomic E-state index is 0.196. The van der Waals surface area contributed by atoms with Crippen LogP contribution >= 0.6 is 0 Å². The van der Waals surface area contributed by atoms with Gasteiger partial charge in [-0.3, -0.25) is 0 Å². The van der Waals surface area contributed by atoms with Gasteiger partial charge in [0.05, 0.1) is 0 Å². The second kappa shape index (κ2) is 7.26. The van der Waals surface area contributed by atoms with Crippen LogP contribution in [0.4, 0.5) is 18.9 Å². The Morgan fingerprint density at radius 2 is 2.00 bits per heavy atom. The van der Waals surface area contributed by atoms with Crippen molar-refractivity contribution in [2.75, 3.05) is 5.32 Å². The van der Waals surface area contributed by atoms with E-state index in [0.717, 1.165) is 19.3 Å². The summed E-state index contributed by atoms with van der Waals surface area (Å²) in [5.41, 5.74) is 0.644. The monoisotopic (exact) mass is 275 g/mol. The summed E-state index contributed by atoms with van der Waals surface area (Å²) < 4.78 is 40.2. The number of anilines is 1. The molecule has 0 saturated heterocycles. The Kier molecular flexibility index (Phi) is 5.99. The zero-order valence-electron chi connectivity index (χ0n) is 11.3. The summed E-state index contributed by atoms with van der Waals surface area (Å²) in [6.07, 6.45) is -0.210. The maximum Gasteiger partial charge on any atom is 0.573 e. The highest BCUT2D eigenvalue weighted by Gasteiger charge is 2.31. The number of hydrogen-bond acceptors (Lipinski definition) is 2. The first-order valence-electron chi connectivity index (χ1n) is 6.53. The van der Waals surface area contributed by atoms with Crippen molar-refractivity contribution >= 4 is 5.69 Å². The number of rotatable bonds is 7. The largest absolute Gasteiger partial charge is 0.573 e. The summed E-state index contributed by atoms with van der Waals surface area (Å²) in [5, 5.41) is 3.18. The molecule has 0 aliphatic rings. The average Bonchev–Trinajstić information content (AvgIpc) is 2.27. The molecule has 108 valence electrons. The van der Waals surface area contributed by atoms with Crippen LogP contribution in [0.1, 0.15) is 39.5 Å². The molecule has 1 N–H and O–H groups in total. The highest BCUT2D eigenvalue weighted by molar-refractivity contribution is 5.48. The SMILES string of the molecule is CCCCCC(C)Nc1cccc(OC(F)(F)F)c1. The van der Waals surface area contributed by atoms with Crippen molar-refractivity contribution in [1.29, 1.82) is 0 Å². The summed E-state index contributed by atoms with van der Waals surface area (Å²) in [6.45, 7) is 4.16. The first-order valence-corrected chi connectivity index (χ1v) is 6.53. The third kappa shape index (κ3) is 6.94. The van der Waals surface area contributed by atoms with Crippen molar-refractivity contribution in [1.82, 2.24) is 0 Å². The van der Waals surface area contributed by atoms with Crippen LogP contribution in [0.3, 0.4) is 0 Å². The van der Waals surface area contributed by atoms with Crippen LogP contribution in [-0.2, 0) is 0 Å². The fourth-order valence-corrected chi connectivity index (χ4v) is 1.84. The summed E-state index contributed by atoms with van der Waals surface area (Å²) in [6, 6.07) is 6.17. The Morgan fingerprint density at radius 3 is 2.63 bits per heavy atom. The minimum Gasteiger partial charge on any atom is -0.406 e. The third-order valence-electron chi connectivity index (χ3n) is 2.72. The van der Waals surface area contributed by atoms with Gasteiger partial charge < -0.3 is 10.1 Å². The lowest BCUT2D eigenvalue weighted by atomic mass is 10.1. The lowest BCUT2D eigenvalue weighted by Crippen LogP contribution is -2.18. The van der Waals surface area contributed by atoms with E-state index in [0.29, 0.717) is 5.69 Å². The molecule has 2 nitrogen and oxygen atoms in total. The molecule has 0 amide bonds. The summed E-state index contributed by atoms with van der Waals surface area (Å²) in [5.74, 6) is -0.196. The van der Waals surface area contributed by atoms with E-state index in [2.05, 4.69) is 17.0 Å². The van der Waals surface area contributed by atoms with Gasteiger partial charge in [0, 0.05) is 17.8 Å². The van der Waals surface area contributed by atoms with Gasteiger partial charge in [0.2, 0.25) is 0 Å². The normalized spacial score (nSPS) is 13.1. The lowest BCUT2D eigenvalue weighted by molar-refractivity contribution is -0.274. The molecule has 1 unspecified atom stereocenters. The fourth-order valence-electron chi connectivity index (χ4n) is 1.84. The van der Waals surface area contributed by atoms with Gasteiger partial charge in [-0.2, -0.15) is 0 Å². The Morgan fingerprint density at radius 1 is 1.26 bits per heavy atom. The Hall–Kier alpha value is -1.39. The van der Waals surface area contributed by atoms with E-state index in [1.807, 2.05) is 6.92 Å². The molecule has 1 atom stereocenters. The van der Waals surface area contributed by atoms with E-state index in [1.165, 1.54) is 18.6 Å². The molecule has 5 heteroatoms. The average molecular weight is 275 g/mol. The summed E-state index contributed by atoms with van der Waals surface area (Å²) in [7, 11) is 0. The number of halogens is 3. The van der Waals surface area contributed by atoms with Gasteiger partial charge in [-0.15, -0.1) is 13.2 Å². The highest BCUT2D eigenvalue weighted by Crippen LogP contribution is 2.25. The summed E-state index contributed by atoms with van der Waals surface area (Å²) in [4.78, 5) is 0. The molecule has 0 saturated carbocycles. The second-order valence-corrected chi connectivity index (χ2v) is 4.62. The van der Waals surface area contributed by atoms with Crippen LogP contribution in [0.2, 0.25) is 0 Å². The Bertz CT molecular complexity index is 379. The molecule has 0 spiro atoms. The van der Waals surface area contributed by atoms with Crippen molar-refractivity contribution in [2.24, 2.45) is 0 Å². The first kappa shape index (κ1) is 15.7. The summed E-state index contributed by atoms with van der Waals surface area (Å²) >= 11 is 0. The quantitative estimate of drug-likeness (QED) is 0.710. The highest BCUT2D eigenvalue weighted by atomic mass is 19.4. The first-order chi connectivity index (χ1) is 8.90. The fraction of sp³-hybridized carbons (Fsp3) is 0.571. The maximum absolute atomic E-state index is 12.1. The standard InChI is InChI=1S/C14H20F3NO/c1-3-4-5-7-11(2)18-12-8-6-9-13(10-12)19-14(15,16)17/h6,8-11,18H,3-5,7H2,1-2H3. The number of unbranched alkanes of at least 4 members (excludes halogenated alkanes) is 2. The molecule has 0 radical (unpaired) electrons. The van der Waals surface area contributed by atoms with Gasteiger partial charge in [-0.25, -0.2) is 0 Å². The van der Waals surface area contributed by atoms with Gasteiger partial charge in [0.25, 0.3) is 0 Å². The predicted octanol–water partition coefficient (Wildman–Crippen LogP) is 4.97. The minimum atomic E-state index is -4.65. The molecular formula is C14H20F3NO. The number of ether oxygens (including phenoxy) is 1. The second-order valence-electron chi connectivity index (χ2n) is 4.62. The van der Waals surface area contributed by atoms with Crippen LogP contribution in [0.25, 0.3) is 0 Å². The molecule has 0 heterocycles. The lowest BCUT2D eigenvalue weighted by Gasteiger charge is -2.16. The van der Waals surface area contributed by atoms with Crippen molar-refractivity contribution in [2.45, 2.75) is 51.9 Å². The molecule has 1 rings (SSSR count). The van der Waals surface area contributed by atoms with Crippen molar-refractivity contribution in [3.05, 3.63) is 24.3 Å². The van der Waals surface area contributed by atoms with Crippen LogP contribution in [-0.4, -0.2) is 12.4 Å². The molecule has 0 fully saturated rings. The number of hydrogen-bond donors (Lipinski definition) is 1. The van der Waals surface area contributed by atoms with Crippen molar-refractivity contribution in [3.8, 4) is 5.75 Å². The molecule has 1 aromatic carbocycles. The van der Waals surface area contributed by atoms with Gasteiger partial charge in [0.15, 0.2) is 0 Å².